The van der Waals surface area contributed by atoms with Crippen LogP contribution in [0.4, 0.5) is 17.6 Å². The molecule has 7 heterocycles. The number of nitrogens with two attached hydrogens (primary N) is 8. The van der Waals surface area contributed by atoms with Crippen molar-refractivity contribution in [2.45, 2.75) is 266 Å². The number of nitrogens with one attached hydrogen (secondary N) is 2. The maximum absolute atomic E-state index is 13.1. The molecule has 45 heteroatoms. The zero-order chi connectivity index (χ0) is 85.7. The number of esters is 1. The Kier molecular flexibility index (Phi) is 53.8. The first-order chi connectivity index (χ1) is 51.4. The van der Waals surface area contributed by atoms with Gasteiger partial charge in [-0.15, -0.1) is 11.8 Å². The van der Waals surface area contributed by atoms with Crippen LogP contribution in [-0.2, 0) is 72.7 Å². The summed E-state index contributed by atoms with van der Waals surface area (Å²) in [4.78, 5) is 35.9. The Morgan fingerprint density at radius 3 is 1.12 bits per heavy atom. The van der Waals surface area contributed by atoms with Gasteiger partial charge in [0.05, 0.1) is 85.3 Å². The van der Waals surface area contributed by atoms with E-state index in [1.54, 1.807) is 0 Å². The Balaban J connectivity index is 0. The maximum Gasteiger partial charge on any atom is 1.00 e. The van der Waals surface area contributed by atoms with Crippen LogP contribution < -0.4 is 90.8 Å². The molecule has 25 unspecified atom stereocenters. The molecule has 2 amide bonds. The number of aliphatic hydroxyl groups excluding tert-OH is 10. The van der Waals surface area contributed by atoms with Crippen LogP contribution in [0.15, 0.2) is 35.1 Å². The van der Waals surface area contributed by atoms with Gasteiger partial charge in [0.1, 0.15) is 79.6 Å². The number of rotatable bonds is 18. The Labute approximate surface area is 692 Å². The summed E-state index contributed by atoms with van der Waals surface area (Å²) in [7, 11) is -6.62. The first kappa shape index (κ1) is 112. The van der Waals surface area contributed by atoms with Crippen molar-refractivity contribution in [3.8, 4) is 5.75 Å². The monoisotopic (exact) mass is 1720 g/mol. The van der Waals surface area contributed by atoms with Gasteiger partial charge < -0.3 is 150 Å². The second-order valence-corrected chi connectivity index (χ2v) is 33.4. The van der Waals surface area contributed by atoms with Crippen LogP contribution in [0.1, 0.15) is 109 Å². The van der Waals surface area contributed by atoms with Crippen molar-refractivity contribution in [2.24, 2.45) is 75.5 Å². The van der Waals surface area contributed by atoms with E-state index in [0.29, 0.717) is 18.6 Å². The van der Waals surface area contributed by atoms with E-state index >= 15 is 0 Å². The Bertz CT molecular complexity index is 3150. The van der Waals surface area contributed by atoms with Gasteiger partial charge in [-0.05, 0) is 80.9 Å². The predicted molar refractivity (Wildman–Crippen MR) is 412 cm³/mol. The zero-order valence-electron chi connectivity index (χ0n) is 66.6. The Morgan fingerprint density at radius 2 is 0.903 bits per heavy atom. The average Bonchev–Trinajstić information content (AvgIpc) is 0.877. The van der Waals surface area contributed by atoms with Crippen LogP contribution in [0, 0.1) is 52.9 Å². The molecule has 6 fully saturated rings. The van der Waals surface area contributed by atoms with Crippen molar-refractivity contribution in [1.82, 2.24) is 19.6 Å². The van der Waals surface area contributed by atoms with Crippen LogP contribution in [-0.4, -0.2) is 289 Å². The molecule has 8 rings (SSSR count). The van der Waals surface area contributed by atoms with Gasteiger partial charge in [-0.2, -0.15) is 21.4 Å². The number of imidazole rings is 1. The fourth-order valence-electron chi connectivity index (χ4n) is 11.8. The molecule has 36 nitrogen and oxygen atoms in total. The topological polar surface area (TPSA) is 660 Å². The zero-order valence-corrected chi connectivity index (χ0v) is 71.9. The van der Waals surface area contributed by atoms with E-state index in [0.717, 1.165) is 17.2 Å². The molecule has 6 aliphatic rings. The third-order valence-corrected chi connectivity index (χ3v) is 21.2. The van der Waals surface area contributed by atoms with Crippen LogP contribution >= 0.6 is 24.4 Å². The van der Waals surface area contributed by atoms with Crippen LogP contribution in [0.5, 0.6) is 5.75 Å². The van der Waals surface area contributed by atoms with E-state index in [1.807, 2.05) is 81.0 Å². The number of hydrogen-bond donors (Lipinski definition) is 21. The summed E-state index contributed by atoms with van der Waals surface area (Å²) in [6, 6.07) is -2.88. The number of aromatic nitrogens is 2. The van der Waals surface area contributed by atoms with Gasteiger partial charge in [0.25, 0.3) is 0 Å². The largest absolute Gasteiger partial charge is 1.00 e. The van der Waals surface area contributed by atoms with E-state index in [1.165, 1.54) is 49.1 Å². The van der Waals surface area contributed by atoms with E-state index in [4.69, 9.17) is 69.6 Å². The number of carbonyl (C=O) groups is 3. The molecule has 6 saturated heterocycles. The van der Waals surface area contributed by atoms with Crippen LogP contribution in [0.2, 0.25) is 0 Å². The number of ether oxygens (including phenoxy) is 6. The molecule has 0 saturated carbocycles. The summed E-state index contributed by atoms with van der Waals surface area (Å²) in [6.07, 6.45) is -5.42. The summed E-state index contributed by atoms with van der Waals surface area (Å²) in [5, 5.41) is 103. The Hall–Kier alpha value is -3.06. The number of hydrogen-bond acceptors (Lipinski definition) is 35. The predicted octanol–water partition coefficient (Wildman–Crippen LogP) is -7.23. The molecule has 31 N–H and O–H groups in total. The summed E-state index contributed by atoms with van der Waals surface area (Å²) < 4.78 is 127. The number of thiol groups is 1. The van der Waals surface area contributed by atoms with Crippen molar-refractivity contribution < 1.29 is 163 Å². The molecule has 0 bridgehead atoms. The number of amides is 2. The van der Waals surface area contributed by atoms with Gasteiger partial charge in [-0.1, -0.05) is 75.8 Å². The summed E-state index contributed by atoms with van der Waals surface area (Å²) in [6.45, 7) is 26.4. The number of thioether (sulfide) groups is 1. The van der Waals surface area contributed by atoms with Crippen molar-refractivity contribution >= 4 is 62.9 Å². The average molecular weight is 1730 g/mol. The number of benzene rings is 1. The van der Waals surface area contributed by atoms with Crippen molar-refractivity contribution in [2.75, 3.05) is 50.5 Å². The third kappa shape index (κ3) is 34.9. The summed E-state index contributed by atoms with van der Waals surface area (Å²) in [5.74, 6) is -8.88. The van der Waals surface area contributed by atoms with E-state index in [-0.39, 0.29) is 140 Å². The molecular weight excluding hydrogens is 1600 g/mol. The number of halogens is 4. The molecular formula is C68H128F4N12NaO24S4+. The fraction of sp³-hybridized carbons (Fsp3) is 0.794. The fourth-order valence-corrected chi connectivity index (χ4v) is 13.8. The van der Waals surface area contributed by atoms with Crippen molar-refractivity contribution in [1.29, 1.82) is 0 Å². The number of nitrogens with zero attached hydrogens (tertiary/aromatic N) is 2. The second-order valence-electron chi connectivity index (χ2n) is 28.9. The van der Waals surface area contributed by atoms with E-state index in [9.17, 15) is 99.8 Å². The summed E-state index contributed by atoms with van der Waals surface area (Å²) >= 11 is 5.95. The van der Waals surface area contributed by atoms with E-state index in [2.05, 4.69) is 39.6 Å². The first-order valence-corrected chi connectivity index (χ1v) is 40.7. The molecule has 1 aromatic carbocycles. The minimum atomic E-state index is -3.51. The molecule has 25 atom stereocenters. The van der Waals surface area contributed by atoms with Gasteiger partial charge in [0.15, 0.2) is 11.6 Å². The molecule has 113 heavy (non-hydrogen) atoms. The van der Waals surface area contributed by atoms with Crippen LogP contribution in [0.3, 0.4) is 0 Å². The molecule has 656 valence electrons. The van der Waals surface area contributed by atoms with Gasteiger partial charge in [-0.3, -0.25) is 14.4 Å². The van der Waals surface area contributed by atoms with Gasteiger partial charge in [0, 0.05) is 65.4 Å². The van der Waals surface area contributed by atoms with Crippen molar-refractivity contribution in [3.63, 3.8) is 0 Å². The normalized spacial score (nSPS) is 32.0. The minimum absolute atomic E-state index is 0. The summed E-state index contributed by atoms with van der Waals surface area (Å²) in [5.41, 5.74) is 45.2. The number of carbonyl (C=O) groups excluding carboxylic acids is 3. The maximum atomic E-state index is 13.1. The standard InChI is InChI=1S/C13H26N2O4S.C11H22N2O4.3C9H20N2O3.C8H3F4O4S.C5H8S.C4H6N2O2S.Na.H2O/c1-7(2)13-10(14)12(18)11(17)8(19-13)6-15-9(16)4-3-5-20;1-5(2)11-8(12)10(16)9(15)7(17-11)4-13-6(3)14;3*1-4(2)9-6(11)8(13)7(12)5(3-10)14-9;1-2(13)16-7-3(9)5(11)8(17(14)15)6(12)4(7)10;1-5-3-2-4-6-5;1-9(7,8)6-3-2-5-4-6;;/h7-8,10-13,17-18,20H,3-6,14H2,1-2H3,(H,15,16);5,7-11,15-16H,4,12H2,1-3H3,(H,13,14);3*4-9,12-13H,3,10-11H2,1-2H3;1H3;1-4H2;2-4H,1H3;;1H2/q;;;;;-1;;;+1;/p+1. The number of aliphatic hydroxyl groups is 10. The minimum Gasteiger partial charge on any atom is -0.457 e. The molecule has 0 radical (unpaired) electrons. The van der Waals surface area contributed by atoms with Gasteiger partial charge in [-0.25, -0.2) is 26.2 Å². The molecule has 2 aromatic rings. The Morgan fingerprint density at radius 1 is 0.593 bits per heavy atom. The van der Waals surface area contributed by atoms with Crippen LogP contribution in [0.25, 0.3) is 0 Å². The quantitative estimate of drug-likeness (QED) is 0.00964. The third-order valence-electron chi connectivity index (χ3n) is 18.1. The number of allylic oxidation sites excluding steroid dienone is 1. The molecule has 6 aliphatic heterocycles. The smallest absolute Gasteiger partial charge is 0.457 e. The molecule has 0 aliphatic carbocycles. The second kappa shape index (κ2) is 54.3. The SMILES string of the molecule is C=C1CCCS1.CC(=O)NCC1OC(C(C)C)C(N)C(O)C1O.CC(=O)Oc1c(F)c(F)c([S-](=O)=O)c(F)c1F.CC(C)C1OC(CN)C(O)C(O)C1N.CC(C)C1OC(CN)C(O)C(O)C1N.CC(C)C1OC(CN)C(O)C(O)C1N.CC(C)C1OC(CNC(=O)CCCS)C(O)C(O)C1N.CS(=O)(=O)n1ccnc1.[Na+].[OH3+]. The molecule has 0 spiro atoms. The van der Waals surface area contributed by atoms with Crippen molar-refractivity contribution in [3.05, 3.63) is 53.5 Å². The van der Waals surface area contributed by atoms with Gasteiger partial charge in [0.2, 0.25) is 39.2 Å². The van der Waals surface area contributed by atoms with Gasteiger partial charge >= 0.3 is 35.5 Å². The first-order valence-electron chi connectivity index (χ1n) is 36.2. The molecule has 1 aromatic heterocycles. The van der Waals surface area contributed by atoms with E-state index < -0.39 is 182 Å².